The van der Waals surface area contributed by atoms with Gasteiger partial charge < -0.3 is 19.9 Å². The second-order valence-electron chi connectivity index (χ2n) is 11.0. The standard InChI is InChI=1S/C28H37N5O2/c1-18(2)33-16-23-25(27(33)34)30-28(32-14-15-35-24(17-32)21-8-9-21)31-26(23)29-22-12-10-20(11-13-22)19-6-4-3-5-7-19/h10-13,18-19,21,24H,3-9,14-17H2,1-2H3,(H,29,30,31)/t24-/m1/s1. The number of aromatic nitrogens is 2. The molecule has 0 unspecified atom stereocenters. The Morgan fingerprint density at radius 3 is 2.51 bits per heavy atom. The van der Waals surface area contributed by atoms with Crippen molar-refractivity contribution in [2.75, 3.05) is 29.9 Å². The molecule has 4 aliphatic rings. The van der Waals surface area contributed by atoms with Crippen molar-refractivity contribution in [3.63, 3.8) is 0 Å². The predicted octanol–water partition coefficient (Wildman–Crippen LogP) is 5.25. The van der Waals surface area contributed by atoms with Gasteiger partial charge in [0.25, 0.3) is 5.91 Å². The molecule has 3 heterocycles. The fraction of sp³-hybridized carbons (Fsp3) is 0.607. The summed E-state index contributed by atoms with van der Waals surface area (Å²) in [6.07, 6.45) is 9.37. The van der Waals surface area contributed by atoms with E-state index in [-0.39, 0.29) is 18.1 Å². The lowest BCUT2D eigenvalue weighted by atomic mass is 9.84. The summed E-state index contributed by atoms with van der Waals surface area (Å²) in [5.74, 6) is 2.73. The molecule has 2 saturated carbocycles. The monoisotopic (exact) mass is 475 g/mol. The van der Waals surface area contributed by atoms with Gasteiger partial charge >= 0.3 is 0 Å². The topological polar surface area (TPSA) is 70.6 Å². The zero-order chi connectivity index (χ0) is 23.9. The third-order valence-corrected chi connectivity index (χ3v) is 8.18. The number of carbonyl (C=O) groups is 1. The molecule has 1 saturated heterocycles. The van der Waals surface area contributed by atoms with E-state index < -0.39 is 0 Å². The Hall–Kier alpha value is -2.67. The van der Waals surface area contributed by atoms with E-state index in [0.717, 1.165) is 30.2 Å². The lowest BCUT2D eigenvalue weighted by Crippen LogP contribution is -2.44. The summed E-state index contributed by atoms with van der Waals surface area (Å²) in [5, 5.41) is 3.55. The lowest BCUT2D eigenvalue weighted by Gasteiger charge is -2.33. The number of ether oxygens (including phenoxy) is 1. The molecule has 7 nitrogen and oxygen atoms in total. The minimum Gasteiger partial charge on any atom is -0.374 e. The van der Waals surface area contributed by atoms with Crippen LogP contribution >= 0.6 is 0 Å². The van der Waals surface area contributed by atoms with Crippen LogP contribution in [-0.4, -0.2) is 52.6 Å². The maximum atomic E-state index is 13.2. The summed E-state index contributed by atoms with van der Waals surface area (Å²) in [5.41, 5.74) is 3.88. The molecule has 1 aromatic heterocycles. The van der Waals surface area contributed by atoms with Crippen LogP contribution < -0.4 is 10.2 Å². The van der Waals surface area contributed by atoms with E-state index in [2.05, 4.69) is 48.3 Å². The average molecular weight is 476 g/mol. The largest absolute Gasteiger partial charge is 0.374 e. The van der Waals surface area contributed by atoms with Crippen LogP contribution in [0.15, 0.2) is 24.3 Å². The van der Waals surface area contributed by atoms with E-state index in [4.69, 9.17) is 14.7 Å². The van der Waals surface area contributed by atoms with Crippen molar-refractivity contribution in [3.8, 4) is 0 Å². The molecule has 0 bridgehead atoms. The summed E-state index contributed by atoms with van der Waals surface area (Å²) in [6, 6.07) is 8.95. The first-order valence-electron chi connectivity index (χ1n) is 13.5. The van der Waals surface area contributed by atoms with Gasteiger partial charge in [-0.05, 0) is 69.1 Å². The van der Waals surface area contributed by atoms with E-state index in [1.54, 1.807) is 0 Å². The number of nitrogens with zero attached hydrogens (tertiary/aromatic N) is 4. The molecule has 0 radical (unpaired) electrons. The van der Waals surface area contributed by atoms with Gasteiger partial charge in [-0.15, -0.1) is 0 Å². The predicted molar refractivity (Wildman–Crippen MR) is 137 cm³/mol. The Kier molecular flexibility index (Phi) is 6.13. The maximum absolute atomic E-state index is 13.2. The quantitative estimate of drug-likeness (QED) is 0.616. The number of amides is 1. The van der Waals surface area contributed by atoms with E-state index in [0.29, 0.717) is 36.6 Å². The van der Waals surface area contributed by atoms with Crippen molar-refractivity contribution >= 4 is 23.4 Å². The molecule has 2 aliphatic heterocycles. The Morgan fingerprint density at radius 1 is 1.03 bits per heavy atom. The number of nitrogens with one attached hydrogen (secondary N) is 1. The molecule has 1 aromatic carbocycles. The highest BCUT2D eigenvalue weighted by Gasteiger charge is 2.38. The molecule has 1 N–H and O–H groups in total. The van der Waals surface area contributed by atoms with Gasteiger partial charge in [0.05, 0.1) is 19.3 Å². The highest BCUT2D eigenvalue weighted by atomic mass is 16.5. The van der Waals surface area contributed by atoms with Gasteiger partial charge in [-0.2, -0.15) is 4.98 Å². The molecule has 1 atom stereocenters. The average Bonchev–Trinajstić information content (AvgIpc) is 3.68. The summed E-state index contributed by atoms with van der Waals surface area (Å²) in [6.45, 7) is 6.87. The summed E-state index contributed by atoms with van der Waals surface area (Å²) >= 11 is 0. The molecular weight excluding hydrogens is 438 g/mol. The minimum atomic E-state index is 0.00125. The van der Waals surface area contributed by atoms with Crippen LogP contribution in [0.5, 0.6) is 0 Å². The number of benzene rings is 1. The third kappa shape index (κ3) is 4.63. The van der Waals surface area contributed by atoms with Crippen molar-refractivity contribution in [3.05, 3.63) is 41.1 Å². The smallest absolute Gasteiger partial charge is 0.273 e. The van der Waals surface area contributed by atoms with Crippen LogP contribution in [0, 0.1) is 5.92 Å². The minimum absolute atomic E-state index is 0.00125. The fourth-order valence-electron chi connectivity index (χ4n) is 5.86. The van der Waals surface area contributed by atoms with Crippen LogP contribution in [0.4, 0.5) is 17.5 Å². The van der Waals surface area contributed by atoms with Crippen LogP contribution in [0.2, 0.25) is 0 Å². The summed E-state index contributed by atoms with van der Waals surface area (Å²) in [4.78, 5) is 27.1. The molecule has 6 rings (SSSR count). The van der Waals surface area contributed by atoms with Crippen molar-refractivity contribution in [1.29, 1.82) is 0 Å². The number of rotatable bonds is 6. The second-order valence-corrected chi connectivity index (χ2v) is 11.0. The lowest BCUT2D eigenvalue weighted by molar-refractivity contribution is 0.0258. The third-order valence-electron chi connectivity index (χ3n) is 8.18. The van der Waals surface area contributed by atoms with Crippen LogP contribution in [-0.2, 0) is 11.3 Å². The van der Waals surface area contributed by atoms with Gasteiger partial charge in [0, 0.05) is 30.4 Å². The van der Waals surface area contributed by atoms with Crippen molar-refractivity contribution in [2.24, 2.45) is 5.92 Å². The molecule has 7 heteroatoms. The molecule has 0 spiro atoms. The highest BCUT2D eigenvalue weighted by Crippen LogP contribution is 2.38. The second kappa shape index (κ2) is 9.41. The molecular formula is C28H37N5O2. The van der Waals surface area contributed by atoms with Gasteiger partial charge in [0.15, 0.2) is 0 Å². The molecule has 186 valence electrons. The number of carbonyl (C=O) groups excluding carboxylic acids is 1. The number of morpholine rings is 1. The number of hydrogen-bond acceptors (Lipinski definition) is 6. The normalized spacial score (nSPS) is 23.2. The van der Waals surface area contributed by atoms with E-state index in [1.807, 2.05) is 4.90 Å². The number of anilines is 3. The van der Waals surface area contributed by atoms with Crippen molar-refractivity contribution in [2.45, 2.75) is 83.4 Å². The van der Waals surface area contributed by atoms with Gasteiger partial charge in [0.2, 0.25) is 5.95 Å². The van der Waals surface area contributed by atoms with E-state index in [9.17, 15) is 4.79 Å². The van der Waals surface area contributed by atoms with Gasteiger partial charge in [-0.3, -0.25) is 4.79 Å². The van der Waals surface area contributed by atoms with Gasteiger partial charge in [-0.25, -0.2) is 4.98 Å². The first-order valence-corrected chi connectivity index (χ1v) is 13.5. The summed E-state index contributed by atoms with van der Waals surface area (Å²) < 4.78 is 6.01. The highest BCUT2D eigenvalue weighted by molar-refractivity contribution is 5.98. The zero-order valence-electron chi connectivity index (χ0n) is 21.0. The van der Waals surface area contributed by atoms with Crippen LogP contribution in [0.25, 0.3) is 0 Å². The molecule has 1 amide bonds. The summed E-state index contributed by atoms with van der Waals surface area (Å²) in [7, 11) is 0. The van der Waals surface area contributed by atoms with Crippen LogP contribution in [0.3, 0.4) is 0 Å². The molecule has 3 fully saturated rings. The Balaban J connectivity index is 1.29. The van der Waals surface area contributed by atoms with Crippen LogP contribution in [0.1, 0.15) is 86.3 Å². The Morgan fingerprint density at radius 2 is 1.80 bits per heavy atom. The number of fused-ring (bicyclic) bond motifs is 1. The van der Waals surface area contributed by atoms with E-state index >= 15 is 0 Å². The molecule has 2 aliphatic carbocycles. The van der Waals surface area contributed by atoms with Crippen molar-refractivity contribution in [1.82, 2.24) is 14.9 Å². The maximum Gasteiger partial charge on any atom is 0.273 e. The number of hydrogen-bond donors (Lipinski definition) is 1. The van der Waals surface area contributed by atoms with Crippen molar-refractivity contribution < 1.29 is 9.53 Å². The first-order chi connectivity index (χ1) is 17.1. The van der Waals surface area contributed by atoms with Gasteiger partial charge in [-0.1, -0.05) is 31.4 Å². The molecule has 35 heavy (non-hydrogen) atoms. The first kappa shape index (κ1) is 22.8. The zero-order valence-corrected chi connectivity index (χ0v) is 21.0. The molecule has 2 aromatic rings. The SMILES string of the molecule is CC(C)N1Cc2c(Nc3ccc(C4CCCCC4)cc3)nc(N3CCO[C@@H](C4CC4)C3)nc2C1=O. The van der Waals surface area contributed by atoms with Gasteiger partial charge in [0.1, 0.15) is 11.5 Å². The van der Waals surface area contributed by atoms with E-state index in [1.165, 1.54) is 50.5 Å². The Bertz CT molecular complexity index is 1080. The fourth-order valence-corrected chi connectivity index (χ4v) is 5.86. The Labute approximate surface area is 208 Å².